The minimum atomic E-state index is -0.433. The van der Waals surface area contributed by atoms with Crippen molar-refractivity contribution in [1.29, 1.82) is 0 Å². The second-order valence-electron chi connectivity index (χ2n) is 6.49. The van der Waals surface area contributed by atoms with Crippen molar-refractivity contribution >= 4 is 11.8 Å². The molecule has 0 radical (unpaired) electrons. The van der Waals surface area contributed by atoms with Crippen LogP contribution in [0, 0.1) is 12.8 Å². The number of rotatable bonds is 4. The van der Waals surface area contributed by atoms with Crippen LogP contribution in [0.1, 0.15) is 35.2 Å². The Balaban J connectivity index is 1.71. The zero-order chi connectivity index (χ0) is 17.8. The summed E-state index contributed by atoms with van der Waals surface area (Å²) in [4.78, 5) is 24.1. The number of benzene rings is 2. The first-order chi connectivity index (χ1) is 12.1. The Morgan fingerprint density at radius 1 is 1.04 bits per heavy atom. The Hall–Kier alpha value is -2.66. The summed E-state index contributed by atoms with van der Waals surface area (Å²) >= 11 is 0. The maximum Gasteiger partial charge on any atom is 0.251 e. The highest BCUT2D eigenvalue weighted by Gasteiger charge is 2.34. The molecule has 0 unspecified atom stereocenters. The highest BCUT2D eigenvalue weighted by molar-refractivity contribution is 5.95. The van der Waals surface area contributed by atoms with Gasteiger partial charge >= 0.3 is 0 Å². The minimum absolute atomic E-state index is 0.195. The van der Waals surface area contributed by atoms with E-state index in [4.69, 9.17) is 5.21 Å². The van der Waals surface area contributed by atoms with Gasteiger partial charge in [-0.25, -0.2) is 5.48 Å². The van der Waals surface area contributed by atoms with Crippen molar-refractivity contribution in [1.82, 2.24) is 10.8 Å². The van der Waals surface area contributed by atoms with E-state index in [1.54, 1.807) is 17.6 Å². The molecule has 0 aromatic heterocycles. The van der Waals surface area contributed by atoms with Crippen LogP contribution in [0.5, 0.6) is 0 Å². The fourth-order valence-corrected chi connectivity index (χ4v) is 3.48. The van der Waals surface area contributed by atoms with Crippen LogP contribution in [0.15, 0.2) is 48.5 Å². The van der Waals surface area contributed by atoms with E-state index >= 15 is 0 Å². The molecular weight excluding hydrogens is 316 g/mol. The first-order valence-corrected chi connectivity index (χ1v) is 8.51. The molecule has 5 nitrogen and oxygen atoms in total. The van der Waals surface area contributed by atoms with Gasteiger partial charge in [-0.3, -0.25) is 14.8 Å². The minimum Gasteiger partial charge on any atom is -0.349 e. The number of carbonyl (C=O) groups excluding carboxylic acids is 2. The molecule has 3 rings (SSSR count). The summed E-state index contributed by atoms with van der Waals surface area (Å²) in [7, 11) is 0. The highest BCUT2D eigenvalue weighted by atomic mass is 16.5. The van der Waals surface area contributed by atoms with Gasteiger partial charge in [0.1, 0.15) is 0 Å². The average molecular weight is 338 g/mol. The SMILES string of the molecule is Cc1ccccc1-c1ccc(C(=O)N[C@@H]2CCC[C@@H]2C(=O)NO)cc1. The van der Waals surface area contributed by atoms with E-state index < -0.39 is 5.91 Å². The molecule has 2 amide bonds. The van der Waals surface area contributed by atoms with Gasteiger partial charge in [0.2, 0.25) is 5.91 Å². The number of nitrogens with one attached hydrogen (secondary N) is 2. The molecule has 2 aromatic carbocycles. The standard InChI is InChI=1S/C20H22N2O3/c1-13-5-2-3-6-16(13)14-9-11-15(12-10-14)19(23)21-18-8-4-7-17(18)20(24)22-25/h2-3,5-6,9-12,17-18,25H,4,7-8H2,1H3,(H,21,23)(H,22,24)/t17-,18+/m0/s1. The third-order valence-corrected chi connectivity index (χ3v) is 4.88. The lowest BCUT2D eigenvalue weighted by Crippen LogP contribution is -2.43. The summed E-state index contributed by atoms with van der Waals surface area (Å²) in [6.07, 6.45) is 2.27. The monoisotopic (exact) mass is 338 g/mol. The Labute approximate surface area is 147 Å². The van der Waals surface area contributed by atoms with Crippen molar-refractivity contribution in [3.05, 3.63) is 59.7 Å². The van der Waals surface area contributed by atoms with E-state index in [1.807, 2.05) is 24.3 Å². The number of hydrogen-bond acceptors (Lipinski definition) is 3. The molecule has 1 fully saturated rings. The van der Waals surface area contributed by atoms with Gasteiger partial charge in [0.15, 0.2) is 0 Å². The summed E-state index contributed by atoms with van der Waals surface area (Å²) in [6, 6.07) is 15.3. The molecule has 3 N–H and O–H groups in total. The predicted molar refractivity (Wildman–Crippen MR) is 95.1 cm³/mol. The van der Waals surface area contributed by atoms with Gasteiger partial charge in [0.05, 0.1) is 5.92 Å². The number of hydroxylamine groups is 1. The largest absolute Gasteiger partial charge is 0.349 e. The zero-order valence-corrected chi connectivity index (χ0v) is 14.2. The average Bonchev–Trinajstić information content (AvgIpc) is 3.09. The van der Waals surface area contributed by atoms with Crippen molar-refractivity contribution in [2.24, 2.45) is 5.92 Å². The zero-order valence-electron chi connectivity index (χ0n) is 14.2. The molecule has 0 spiro atoms. The predicted octanol–water partition coefficient (Wildman–Crippen LogP) is 3.07. The van der Waals surface area contributed by atoms with Crippen molar-refractivity contribution in [2.75, 3.05) is 0 Å². The van der Waals surface area contributed by atoms with E-state index in [9.17, 15) is 9.59 Å². The van der Waals surface area contributed by atoms with Crippen LogP contribution < -0.4 is 10.8 Å². The molecule has 1 aliphatic rings. The molecule has 5 heteroatoms. The summed E-state index contributed by atoms with van der Waals surface area (Å²) < 4.78 is 0. The normalized spacial score (nSPS) is 19.4. The highest BCUT2D eigenvalue weighted by Crippen LogP contribution is 2.27. The Kier molecular flexibility index (Phi) is 5.14. The number of carbonyl (C=O) groups is 2. The topological polar surface area (TPSA) is 78.4 Å². The van der Waals surface area contributed by atoms with Crippen molar-refractivity contribution in [3.63, 3.8) is 0 Å². The molecule has 0 saturated heterocycles. The van der Waals surface area contributed by atoms with Crippen molar-refractivity contribution in [3.8, 4) is 11.1 Å². The lowest BCUT2D eigenvalue weighted by molar-refractivity contribution is -0.133. The van der Waals surface area contributed by atoms with Gasteiger partial charge in [-0.15, -0.1) is 0 Å². The Morgan fingerprint density at radius 2 is 1.76 bits per heavy atom. The van der Waals surface area contributed by atoms with Crippen LogP contribution in [0.25, 0.3) is 11.1 Å². The van der Waals surface area contributed by atoms with Crippen molar-refractivity contribution < 1.29 is 14.8 Å². The Bertz CT molecular complexity index is 771. The van der Waals surface area contributed by atoms with Gasteiger partial charge in [-0.05, 0) is 48.6 Å². The summed E-state index contributed by atoms with van der Waals surface area (Å²) in [5.74, 6) is -1.00. The summed E-state index contributed by atoms with van der Waals surface area (Å²) in [5.41, 5.74) is 5.64. The van der Waals surface area contributed by atoms with E-state index in [0.717, 1.165) is 24.0 Å². The quantitative estimate of drug-likeness (QED) is 0.592. The number of amides is 2. The third kappa shape index (κ3) is 3.72. The van der Waals surface area contributed by atoms with Crippen LogP contribution in [0.2, 0.25) is 0 Å². The van der Waals surface area contributed by atoms with Gasteiger partial charge in [0, 0.05) is 11.6 Å². The van der Waals surface area contributed by atoms with E-state index in [1.165, 1.54) is 5.56 Å². The van der Waals surface area contributed by atoms with Gasteiger partial charge in [-0.2, -0.15) is 0 Å². The fraction of sp³-hybridized carbons (Fsp3) is 0.300. The molecule has 1 aliphatic carbocycles. The van der Waals surface area contributed by atoms with Gasteiger partial charge in [0.25, 0.3) is 5.91 Å². The van der Waals surface area contributed by atoms with Crippen LogP contribution >= 0.6 is 0 Å². The smallest absolute Gasteiger partial charge is 0.251 e. The lowest BCUT2D eigenvalue weighted by atomic mass is 9.99. The number of aryl methyl sites for hydroxylation is 1. The molecule has 1 saturated carbocycles. The molecule has 130 valence electrons. The molecule has 2 aromatic rings. The third-order valence-electron chi connectivity index (χ3n) is 4.88. The summed E-state index contributed by atoms with van der Waals surface area (Å²) in [5, 5.41) is 11.7. The maximum atomic E-state index is 12.5. The van der Waals surface area contributed by atoms with E-state index in [2.05, 4.69) is 24.4 Å². The van der Waals surface area contributed by atoms with Crippen LogP contribution in [-0.2, 0) is 4.79 Å². The Morgan fingerprint density at radius 3 is 2.44 bits per heavy atom. The fourth-order valence-electron chi connectivity index (χ4n) is 3.48. The molecule has 0 heterocycles. The second-order valence-corrected chi connectivity index (χ2v) is 6.49. The molecule has 0 bridgehead atoms. The maximum absolute atomic E-state index is 12.5. The van der Waals surface area contributed by atoms with Crippen molar-refractivity contribution in [2.45, 2.75) is 32.2 Å². The molecule has 2 atom stereocenters. The van der Waals surface area contributed by atoms with E-state index in [-0.39, 0.29) is 17.9 Å². The molecule has 0 aliphatic heterocycles. The summed E-state index contributed by atoms with van der Waals surface area (Å²) in [6.45, 7) is 2.06. The second kappa shape index (κ2) is 7.49. The van der Waals surface area contributed by atoms with Gasteiger partial charge in [-0.1, -0.05) is 42.8 Å². The van der Waals surface area contributed by atoms with Gasteiger partial charge < -0.3 is 5.32 Å². The number of hydrogen-bond donors (Lipinski definition) is 3. The first kappa shape index (κ1) is 17.2. The lowest BCUT2D eigenvalue weighted by Gasteiger charge is -2.19. The molecule has 25 heavy (non-hydrogen) atoms. The van der Waals surface area contributed by atoms with Crippen LogP contribution in [-0.4, -0.2) is 23.1 Å². The molecular formula is C20H22N2O3. The van der Waals surface area contributed by atoms with E-state index in [0.29, 0.717) is 12.0 Å². The first-order valence-electron chi connectivity index (χ1n) is 8.51. The van der Waals surface area contributed by atoms with Crippen LogP contribution in [0.4, 0.5) is 0 Å². The van der Waals surface area contributed by atoms with Crippen LogP contribution in [0.3, 0.4) is 0 Å².